The third-order valence-corrected chi connectivity index (χ3v) is 3.39. The first-order valence-corrected chi connectivity index (χ1v) is 6.95. The largest absolute Gasteiger partial charge is 0.497 e. The van der Waals surface area contributed by atoms with Crippen molar-refractivity contribution in [3.05, 3.63) is 23.8 Å². The topological polar surface area (TPSA) is 67.8 Å². The molecule has 0 saturated heterocycles. The number of carbonyl (C=O) groups is 1. The van der Waals surface area contributed by atoms with E-state index in [1.807, 2.05) is 18.2 Å². The lowest BCUT2D eigenvalue weighted by Gasteiger charge is -2.18. The molecule has 0 aromatic heterocycles. The van der Waals surface area contributed by atoms with Gasteiger partial charge < -0.3 is 19.9 Å². The zero-order valence-electron chi connectivity index (χ0n) is 11.7. The molecule has 0 aliphatic carbocycles. The molecular weight excluding hydrogens is 258 g/mol. The molecule has 0 spiro atoms. The summed E-state index contributed by atoms with van der Waals surface area (Å²) in [5.41, 5.74) is 0.987. The van der Waals surface area contributed by atoms with E-state index in [9.17, 15) is 4.79 Å². The van der Waals surface area contributed by atoms with Crippen molar-refractivity contribution >= 4 is 5.91 Å². The molecule has 20 heavy (non-hydrogen) atoms. The standard InChI is InChI=1S/C15H21NO4/c1-19-11-6-7-12-13(16-15(18)5-2-8-17)4-3-9-20-14(12)10-11/h6-7,10,13,17H,2-5,8-9H2,1H3,(H,16,18). The van der Waals surface area contributed by atoms with Crippen molar-refractivity contribution in [3.8, 4) is 11.5 Å². The zero-order chi connectivity index (χ0) is 14.4. The summed E-state index contributed by atoms with van der Waals surface area (Å²) in [6.07, 6.45) is 2.58. The fraction of sp³-hybridized carbons (Fsp3) is 0.533. The first kappa shape index (κ1) is 14.7. The van der Waals surface area contributed by atoms with Gasteiger partial charge in [0, 0.05) is 24.7 Å². The van der Waals surface area contributed by atoms with E-state index in [4.69, 9.17) is 14.6 Å². The lowest BCUT2D eigenvalue weighted by atomic mass is 10.0. The molecule has 2 rings (SSSR count). The van der Waals surface area contributed by atoms with Crippen LogP contribution in [-0.4, -0.2) is 31.3 Å². The van der Waals surface area contributed by atoms with Crippen LogP contribution in [0.2, 0.25) is 0 Å². The number of fused-ring (bicyclic) bond motifs is 1. The van der Waals surface area contributed by atoms with Crippen LogP contribution in [0.5, 0.6) is 11.5 Å². The van der Waals surface area contributed by atoms with Crippen LogP contribution in [0.1, 0.15) is 37.3 Å². The molecule has 1 aliphatic heterocycles. The first-order chi connectivity index (χ1) is 9.74. The van der Waals surface area contributed by atoms with Gasteiger partial charge in [-0.3, -0.25) is 4.79 Å². The Bertz CT molecular complexity index is 461. The molecule has 110 valence electrons. The fourth-order valence-electron chi connectivity index (χ4n) is 2.34. The van der Waals surface area contributed by atoms with E-state index < -0.39 is 0 Å². The van der Waals surface area contributed by atoms with E-state index in [-0.39, 0.29) is 18.6 Å². The van der Waals surface area contributed by atoms with E-state index in [1.165, 1.54) is 0 Å². The van der Waals surface area contributed by atoms with Crippen LogP contribution in [0.25, 0.3) is 0 Å². The van der Waals surface area contributed by atoms with Gasteiger partial charge in [0.05, 0.1) is 19.8 Å². The highest BCUT2D eigenvalue weighted by molar-refractivity contribution is 5.76. The Hall–Kier alpha value is -1.75. The van der Waals surface area contributed by atoms with Gasteiger partial charge in [0.15, 0.2) is 0 Å². The summed E-state index contributed by atoms with van der Waals surface area (Å²) in [5.74, 6) is 1.48. The van der Waals surface area contributed by atoms with Crippen molar-refractivity contribution in [1.29, 1.82) is 0 Å². The molecule has 1 unspecified atom stereocenters. The van der Waals surface area contributed by atoms with E-state index in [0.29, 0.717) is 19.4 Å². The van der Waals surface area contributed by atoms with Crippen molar-refractivity contribution < 1.29 is 19.4 Å². The summed E-state index contributed by atoms with van der Waals surface area (Å²) in [6, 6.07) is 5.63. The van der Waals surface area contributed by atoms with Gasteiger partial charge >= 0.3 is 0 Å². The number of hydrogen-bond acceptors (Lipinski definition) is 4. The molecule has 0 bridgehead atoms. The van der Waals surface area contributed by atoms with Crippen LogP contribution in [0.4, 0.5) is 0 Å². The van der Waals surface area contributed by atoms with Crippen molar-refractivity contribution in [1.82, 2.24) is 5.32 Å². The average molecular weight is 279 g/mol. The monoisotopic (exact) mass is 279 g/mol. The molecule has 1 amide bonds. The second-order valence-electron chi connectivity index (χ2n) is 4.84. The van der Waals surface area contributed by atoms with Crippen LogP contribution in [-0.2, 0) is 4.79 Å². The summed E-state index contributed by atoms with van der Waals surface area (Å²) in [6.45, 7) is 0.679. The first-order valence-electron chi connectivity index (χ1n) is 6.95. The van der Waals surface area contributed by atoms with Crippen LogP contribution >= 0.6 is 0 Å². The Morgan fingerprint density at radius 1 is 1.55 bits per heavy atom. The molecule has 1 atom stereocenters. The Morgan fingerprint density at radius 3 is 3.15 bits per heavy atom. The number of hydrogen-bond donors (Lipinski definition) is 2. The average Bonchev–Trinajstić information content (AvgIpc) is 2.67. The maximum Gasteiger partial charge on any atom is 0.220 e. The van der Waals surface area contributed by atoms with E-state index in [2.05, 4.69) is 5.32 Å². The van der Waals surface area contributed by atoms with Gasteiger partial charge in [-0.15, -0.1) is 0 Å². The highest BCUT2D eigenvalue weighted by atomic mass is 16.5. The molecule has 1 heterocycles. The number of rotatable bonds is 5. The normalized spacial score (nSPS) is 17.6. The van der Waals surface area contributed by atoms with Crippen molar-refractivity contribution in [2.45, 2.75) is 31.7 Å². The van der Waals surface area contributed by atoms with Crippen molar-refractivity contribution in [3.63, 3.8) is 0 Å². The third kappa shape index (κ3) is 3.63. The summed E-state index contributed by atoms with van der Waals surface area (Å²) < 4.78 is 10.9. The molecule has 5 nitrogen and oxygen atoms in total. The van der Waals surface area contributed by atoms with Crippen LogP contribution in [0.15, 0.2) is 18.2 Å². The predicted octanol–water partition coefficient (Wildman–Crippen LogP) is 1.80. The Kier molecular flexibility index (Phi) is 5.24. The van der Waals surface area contributed by atoms with Crippen molar-refractivity contribution in [2.24, 2.45) is 0 Å². The van der Waals surface area contributed by atoms with Crippen LogP contribution in [0.3, 0.4) is 0 Å². The SMILES string of the molecule is COc1ccc2c(c1)OCCCC2NC(=O)CCCO. The summed E-state index contributed by atoms with van der Waals surface area (Å²) >= 11 is 0. The maximum atomic E-state index is 11.8. The maximum absolute atomic E-state index is 11.8. The molecule has 1 aromatic carbocycles. The van der Waals surface area contributed by atoms with Gasteiger partial charge in [0.25, 0.3) is 0 Å². The Morgan fingerprint density at radius 2 is 2.40 bits per heavy atom. The molecule has 0 fully saturated rings. The lowest BCUT2D eigenvalue weighted by Crippen LogP contribution is -2.28. The van der Waals surface area contributed by atoms with Gasteiger partial charge in [-0.05, 0) is 31.4 Å². The minimum Gasteiger partial charge on any atom is -0.497 e. The number of aliphatic hydroxyl groups excluding tert-OH is 1. The molecule has 0 radical (unpaired) electrons. The lowest BCUT2D eigenvalue weighted by molar-refractivity contribution is -0.122. The summed E-state index contributed by atoms with van der Waals surface area (Å²) in [4.78, 5) is 11.8. The van der Waals surface area contributed by atoms with Gasteiger partial charge in [0.2, 0.25) is 5.91 Å². The summed E-state index contributed by atoms with van der Waals surface area (Å²) in [5, 5.41) is 11.8. The Labute approximate surface area is 118 Å². The van der Waals surface area contributed by atoms with E-state index in [0.717, 1.165) is 29.9 Å². The number of ether oxygens (including phenoxy) is 2. The zero-order valence-corrected chi connectivity index (χ0v) is 11.7. The minimum atomic E-state index is -0.0374. The van der Waals surface area contributed by atoms with Gasteiger partial charge in [0.1, 0.15) is 11.5 Å². The van der Waals surface area contributed by atoms with Gasteiger partial charge in [-0.25, -0.2) is 0 Å². The predicted molar refractivity (Wildman–Crippen MR) is 74.9 cm³/mol. The third-order valence-electron chi connectivity index (χ3n) is 3.39. The highest BCUT2D eigenvalue weighted by Gasteiger charge is 2.21. The number of nitrogens with one attached hydrogen (secondary N) is 1. The minimum absolute atomic E-state index is 0.0345. The number of benzene rings is 1. The molecule has 5 heteroatoms. The Balaban J connectivity index is 2.12. The smallest absolute Gasteiger partial charge is 0.220 e. The molecule has 0 saturated carbocycles. The fourth-order valence-corrected chi connectivity index (χ4v) is 2.34. The number of carbonyl (C=O) groups excluding carboxylic acids is 1. The number of amides is 1. The van der Waals surface area contributed by atoms with Gasteiger partial charge in [-0.1, -0.05) is 0 Å². The molecular formula is C15H21NO4. The van der Waals surface area contributed by atoms with Crippen LogP contribution in [0, 0.1) is 0 Å². The second kappa shape index (κ2) is 7.14. The number of methoxy groups -OCH3 is 1. The highest BCUT2D eigenvalue weighted by Crippen LogP contribution is 2.34. The second-order valence-corrected chi connectivity index (χ2v) is 4.84. The van der Waals surface area contributed by atoms with E-state index >= 15 is 0 Å². The van der Waals surface area contributed by atoms with Gasteiger partial charge in [-0.2, -0.15) is 0 Å². The number of aliphatic hydroxyl groups is 1. The van der Waals surface area contributed by atoms with E-state index in [1.54, 1.807) is 7.11 Å². The summed E-state index contributed by atoms with van der Waals surface area (Å²) in [7, 11) is 1.62. The van der Waals surface area contributed by atoms with Crippen molar-refractivity contribution in [2.75, 3.05) is 20.3 Å². The molecule has 1 aliphatic rings. The molecule has 1 aromatic rings. The van der Waals surface area contributed by atoms with Crippen LogP contribution < -0.4 is 14.8 Å². The quantitative estimate of drug-likeness (QED) is 0.862. The molecule has 2 N–H and O–H groups in total.